The van der Waals surface area contributed by atoms with E-state index in [1.54, 1.807) is 15.7 Å². The van der Waals surface area contributed by atoms with E-state index in [9.17, 15) is 8.42 Å². The average molecular weight is 351 g/mol. The second-order valence-electron chi connectivity index (χ2n) is 6.97. The average Bonchev–Trinajstić information content (AvgIpc) is 3.25. The number of fused-ring (bicyclic) bond motifs is 2. The smallest absolute Gasteiger partial charge is 0.282 e. The predicted molar refractivity (Wildman–Crippen MR) is 93.5 cm³/mol. The zero-order valence-corrected chi connectivity index (χ0v) is 14.9. The van der Waals surface area contributed by atoms with Gasteiger partial charge in [-0.15, -0.1) is 0 Å². The molecule has 0 N–H and O–H groups in total. The first-order valence-corrected chi connectivity index (χ1v) is 10.1. The van der Waals surface area contributed by atoms with Crippen molar-refractivity contribution in [1.29, 1.82) is 0 Å². The maximum atomic E-state index is 13.0. The summed E-state index contributed by atoms with van der Waals surface area (Å²) in [5, 5.41) is 0. The first-order chi connectivity index (χ1) is 11.6. The van der Waals surface area contributed by atoms with Gasteiger partial charge in [-0.2, -0.15) is 17.0 Å². The summed E-state index contributed by atoms with van der Waals surface area (Å²) < 4.78 is 34.8. The summed E-state index contributed by atoms with van der Waals surface area (Å²) in [5.74, 6) is 1.42. The monoisotopic (exact) mass is 351 g/mol. The summed E-state index contributed by atoms with van der Waals surface area (Å²) in [5.41, 5.74) is 1.04. The van der Waals surface area contributed by atoms with Gasteiger partial charge in [0.2, 0.25) is 0 Å². The van der Waals surface area contributed by atoms with Crippen molar-refractivity contribution in [3.63, 3.8) is 0 Å². The van der Waals surface area contributed by atoms with Crippen LogP contribution in [-0.2, 0) is 10.2 Å². The van der Waals surface area contributed by atoms with E-state index in [-0.39, 0.29) is 6.04 Å². The Kier molecular flexibility index (Phi) is 4.18. The molecular formula is C17H25N3O3S. The van der Waals surface area contributed by atoms with Gasteiger partial charge in [-0.25, -0.2) is 0 Å². The van der Waals surface area contributed by atoms with Crippen molar-refractivity contribution in [3.8, 4) is 5.75 Å². The number of piperazine rings is 1. The lowest BCUT2D eigenvalue weighted by atomic mass is 10.1. The molecule has 6 nitrogen and oxygen atoms in total. The molecule has 1 aliphatic carbocycles. The molecule has 2 atom stereocenters. The molecule has 1 aromatic rings. The summed E-state index contributed by atoms with van der Waals surface area (Å²) in [6, 6.07) is 8.15. The van der Waals surface area contributed by atoms with Gasteiger partial charge in [-0.05, 0) is 37.3 Å². The third-order valence-electron chi connectivity index (χ3n) is 5.65. The number of hydrogen-bond acceptors (Lipinski definition) is 4. The standard InChI is InChI=1S/C17H25N3O3S/c1-23-17-5-3-2-4-16(17)18-8-10-19(11-9-18)24(21,22)20-13-14-6-7-15(20)12-14/h2-5,14-15H,6-13H2,1H3. The van der Waals surface area contributed by atoms with E-state index < -0.39 is 10.2 Å². The quantitative estimate of drug-likeness (QED) is 0.826. The summed E-state index contributed by atoms with van der Waals surface area (Å²) in [4.78, 5) is 2.21. The van der Waals surface area contributed by atoms with Gasteiger partial charge in [0.1, 0.15) is 5.75 Å². The molecule has 2 unspecified atom stereocenters. The van der Waals surface area contributed by atoms with Gasteiger partial charge < -0.3 is 9.64 Å². The van der Waals surface area contributed by atoms with Crippen LogP contribution in [0, 0.1) is 5.92 Å². The molecule has 7 heteroatoms. The number of hydrogen-bond donors (Lipinski definition) is 0. The molecule has 2 saturated heterocycles. The minimum Gasteiger partial charge on any atom is -0.495 e. The van der Waals surface area contributed by atoms with Gasteiger partial charge in [0.25, 0.3) is 10.2 Å². The Bertz CT molecular complexity index is 701. The molecular weight excluding hydrogens is 326 g/mol. The predicted octanol–water partition coefficient (Wildman–Crippen LogP) is 1.55. The van der Waals surface area contributed by atoms with Gasteiger partial charge >= 0.3 is 0 Å². The van der Waals surface area contributed by atoms with Crippen LogP contribution in [0.15, 0.2) is 24.3 Å². The van der Waals surface area contributed by atoms with Crippen molar-refractivity contribution in [2.24, 2.45) is 5.92 Å². The van der Waals surface area contributed by atoms with Crippen LogP contribution in [0.3, 0.4) is 0 Å². The molecule has 2 aliphatic heterocycles. The minimum absolute atomic E-state index is 0.243. The Labute approximate surface area is 144 Å². The van der Waals surface area contributed by atoms with Crippen LogP contribution in [0.4, 0.5) is 5.69 Å². The van der Waals surface area contributed by atoms with Gasteiger partial charge in [-0.1, -0.05) is 12.1 Å². The third kappa shape index (κ3) is 2.68. The lowest BCUT2D eigenvalue weighted by molar-refractivity contribution is 0.286. The van der Waals surface area contributed by atoms with Gasteiger partial charge in [0.05, 0.1) is 12.8 Å². The number of ether oxygens (including phenoxy) is 1. The van der Waals surface area contributed by atoms with Crippen LogP contribution >= 0.6 is 0 Å². The Morgan fingerprint density at radius 1 is 1.08 bits per heavy atom. The third-order valence-corrected chi connectivity index (χ3v) is 7.70. The van der Waals surface area contributed by atoms with Crippen molar-refractivity contribution < 1.29 is 13.2 Å². The molecule has 3 aliphatic rings. The highest BCUT2D eigenvalue weighted by Crippen LogP contribution is 2.40. The Balaban J connectivity index is 1.44. The van der Waals surface area contributed by atoms with Crippen molar-refractivity contribution in [2.75, 3.05) is 44.7 Å². The van der Waals surface area contributed by atoms with Crippen molar-refractivity contribution >= 4 is 15.9 Å². The fourth-order valence-corrected chi connectivity index (χ4v) is 6.25. The molecule has 132 valence electrons. The fraction of sp³-hybridized carbons (Fsp3) is 0.647. The zero-order chi connectivity index (χ0) is 16.7. The molecule has 4 rings (SSSR count). The SMILES string of the molecule is COc1ccccc1N1CCN(S(=O)(=O)N2CC3CCC2C3)CC1. The minimum atomic E-state index is -3.31. The zero-order valence-electron chi connectivity index (χ0n) is 14.1. The Morgan fingerprint density at radius 3 is 2.46 bits per heavy atom. The lowest BCUT2D eigenvalue weighted by Gasteiger charge is -2.39. The summed E-state index contributed by atoms with van der Waals surface area (Å²) >= 11 is 0. The first kappa shape index (κ1) is 16.2. The van der Waals surface area contributed by atoms with E-state index in [2.05, 4.69) is 4.90 Å². The van der Waals surface area contributed by atoms with E-state index in [0.29, 0.717) is 32.1 Å². The van der Waals surface area contributed by atoms with E-state index >= 15 is 0 Å². The maximum absolute atomic E-state index is 13.0. The van der Waals surface area contributed by atoms with E-state index in [0.717, 1.165) is 30.8 Å². The van der Waals surface area contributed by atoms with Gasteiger partial charge in [0.15, 0.2) is 0 Å². The second kappa shape index (κ2) is 6.20. The van der Waals surface area contributed by atoms with Crippen LogP contribution < -0.4 is 9.64 Å². The molecule has 3 fully saturated rings. The number of rotatable bonds is 4. The maximum Gasteiger partial charge on any atom is 0.282 e. The number of nitrogens with zero attached hydrogens (tertiary/aromatic N) is 3. The summed E-state index contributed by atoms with van der Waals surface area (Å²) in [6.07, 6.45) is 3.28. The largest absolute Gasteiger partial charge is 0.495 e. The summed E-state index contributed by atoms with van der Waals surface area (Å²) in [7, 11) is -1.64. The molecule has 0 amide bonds. The summed E-state index contributed by atoms with van der Waals surface area (Å²) in [6.45, 7) is 3.19. The highest BCUT2D eigenvalue weighted by molar-refractivity contribution is 7.86. The van der Waals surface area contributed by atoms with Crippen LogP contribution in [0.1, 0.15) is 19.3 Å². The van der Waals surface area contributed by atoms with Gasteiger partial charge in [0, 0.05) is 38.8 Å². The molecule has 2 heterocycles. The Hall–Kier alpha value is -1.31. The Morgan fingerprint density at radius 2 is 1.83 bits per heavy atom. The first-order valence-electron chi connectivity index (χ1n) is 8.74. The fourth-order valence-electron chi connectivity index (χ4n) is 4.36. The number of methoxy groups -OCH3 is 1. The number of benzene rings is 1. The van der Waals surface area contributed by atoms with Crippen LogP contribution in [0.5, 0.6) is 5.75 Å². The highest BCUT2D eigenvalue weighted by atomic mass is 32.2. The number of anilines is 1. The molecule has 2 bridgehead atoms. The number of para-hydroxylation sites is 2. The molecule has 0 spiro atoms. The number of piperidine rings is 1. The molecule has 1 aromatic carbocycles. The topological polar surface area (TPSA) is 53.1 Å². The van der Waals surface area contributed by atoms with E-state index in [1.807, 2.05) is 24.3 Å². The van der Waals surface area contributed by atoms with Crippen molar-refractivity contribution in [1.82, 2.24) is 8.61 Å². The van der Waals surface area contributed by atoms with Gasteiger partial charge in [-0.3, -0.25) is 0 Å². The van der Waals surface area contributed by atoms with E-state index in [1.165, 1.54) is 6.42 Å². The van der Waals surface area contributed by atoms with E-state index in [4.69, 9.17) is 4.74 Å². The molecule has 0 aromatic heterocycles. The molecule has 1 saturated carbocycles. The van der Waals surface area contributed by atoms with Crippen LogP contribution in [-0.4, -0.2) is 62.9 Å². The van der Waals surface area contributed by atoms with Crippen LogP contribution in [0.25, 0.3) is 0 Å². The lowest BCUT2D eigenvalue weighted by Crippen LogP contribution is -2.54. The molecule has 0 radical (unpaired) electrons. The highest BCUT2D eigenvalue weighted by Gasteiger charge is 2.46. The molecule has 24 heavy (non-hydrogen) atoms. The van der Waals surface area contributed by atoms with Crippen molar-refractivity contribution in [2.45, 2.75) is 25.3 Å². The second-order valence-corrected chi connectivity index (χ2v) is 8.85. The van der Waals surface area contributed by atoms with Crippen LogP contribution in [0.2, 0.25) is 0 Å². The normalized spacial score (nSPS) is 28.5. The van der Waals surface area contributed by atoms with Crippen molar-refractivity contribution in [3.05, 3.63) is 24.3 Å².